The lowest BCUT2D eigenvalue weighted by atomic mass is 9.96. The first-order valence-corrected chi connectivity index (χ1v) is 10.1. The van der Waals surface area contributed by atoms with E-state index in [4.69, 9.17) is 0 Å². The lowest BCUT2D eigenvalue weighted by Gasteiger charge is -2.09. The summed E-state index contributed by atoms with van der Waals surface area (Å²) in [5, 5.41) is 2.60. The third-order valence-electron chi connectivity index (χ3n) is 4.88. The molecule has 26 heavy (non-hydrogen) atoms. The topological polar surface area (TPSA) is 0 Å². The molecule has 1 aliphatic rings. The number of benzene rings is 4. The van der Waals surface area contributed by atoms with Crippen LogP contribution in [0.1, 0.15) is 22.3 Å². The van der Waals surface area contributed by atoms with Gasteiger partial charge >= 0.3 is 0 Å². The van der Waals surface area contributed by atoms with Gasteiger partial charge in [-0.15, -0.1) is 0 Å². The standard InChI is InChI=1S/C24H14Br2/c25-19-9-5-15(6-10-19)23(16-7-11-20(26)12-8-16)24-21-13-17-3-1-2-4-18(17)14-22(21)24/h1-14H. The smallest absolute Gasteiger partial charge is 0.0175 e. The minimum atomic E-state index is 1.10. The van der Waals surface area contributed by atoms with E-state index in [0.29, 0.717) is 0 Å². The maximum atomic E-state index is 3.55. The van der Waals surface area contributed by atoms with Crippen LogP contribution in [-0.4, -0.2) is 0 Å². The largest absolute Gasteiger partial charge is 0.0616 e. The van der Waals surface area contributed by atoms with Crippen molar-refractivity contribution in [3.63, 3.8) is 0 Å². The molecular weight excluding hydrogens is 448 g/mol. The highest BCUT2D eigenvalue weighted by Crippen LogP contribution is 2.51. The van der Waals surface area contributed by atoms with Crippen LogP contribution in [0.3, 0.4) is 0 Å². The minimum Gasteiger partial charge on any atom is -0.0616 e. The number of halogens is 2. The number of hydrogen-bond acceptors (Lipinski definition) is 0. The van der Waals surface area contributed by atoms with E-state index >= 15 is 0 Å². The third-order valence-corrected chi connectivity index (χ3v) is 5.94. The molecule has 1 aliphatic carbocycles. The van der Waals surface area contributed by atoms with Crippen molar-refractivity contribution in [2.75, 3.05) is 0 Å². The summed E-state index contributed by atoms with van der Waals surface area (Å²) in [6.07, 6.45) is 0. The van der Waals surface area contributed by atoms with Crippen molar-refractivity contribution < 1.29 is 0 Å². The molecule has 5 rings (SSSR count). The first-order valence-electron chi connectivity index (χ1n) is 8.50. The van der Waals surface area contributed by atoms with E-state index in [1.807, 2.05) is 0 Å². The van der Waals surface area contributed by atoms with Crippen molar-refractivity contribution in [1.82, 2.24) is 0 Å². The first kappa shape index (κ1) is 16.0. The molecule has 0 bridgehead atoms. The second kappa shape index (κ2) is 6.22. The number of rotatable bonds is 2. The Bertz CT molecular complexity index is 1080. The molecule has 0 aliphatic heterocycles. The zero-order valence-electron chi connectivity index (χ0n) is 13.8. The van der Waals surface area contributed by atoms with Gasteiger partial charge in [0.15, 0.2) is 0 Å². The van der Waals surface area contributed by atoms with E-state index in [0.717, 1.165) is 8.95 Å². The Balaban J connectivity index is 1.75. The highest BCUT2D eigenvalue weighted by Gasteiger charge is 2.30. The van der Waals surface area contributed by atoms with E-state index in [1.165, 1.54) is 44.2 Å². The summed E-state index contributed by atoms with van der Waals surface area (Å²) in [7, 11) is 0. The second-order valence-electron chi connectivity index (χ2n) is 6.51. The molecule has 0 unspecified atom stereocenters. The van der Waals surface area contributed by atoms with Crippen molar-refractivity contribution in [2.24, 2.45) is 0 Å². The van der Waals surface area contributed by atoms with Gasteiger partial charge in [-0.25, -0.2) is 0 Å². The van der Waals surface area contributed by atoms with E-state index in [-0.39, 0.29) is 0 Å². The predicted octanol–water partition coefficient (Wildman–Crippen LogP) is 7.69. The average Bonchev–Trinajstić information content (AvgIpc) is 3.35. The molecule has 0 amide bonds. The lowest BCUT2D eigenvalue weighted by molar-refractivity contribution is 1.53. The first-order chi connectivity index (χ1) is 12.7. The number of fused-ring (bicyclic) bond motifs is 2. The van der Waals surface area contributed by atoms with E-state index in [1.54, 1.807) is 0 Å². The molecule has 124 valence electrons. The van der Waals surface area contributed by atoms with E-state index < -0.39 is 0 Å². The van der Waals surface area contributed by atoms with Crippen LogP contribution in [0.5, 0.6) is 0 Å². The molecule has 4 aromatic rings. The van der Waals surface area contributed by atoms with Crippen LogP contribution in [-0.2, 0) is 0 Å². The molecule has 0 saturated heterocycles. The fourth-order valence-corrected chi connectivity index (χ4v) is 4.09. The Hall–Kier alpha value is -2.16. The molecule has 0 aromatic heterocycles. The van der Waals surface area contributed by atoms with Crippen LogP contribution in [0, 0.1) is 0 Å². The molecule has 2 heteroatoms. The molecule has 0 saturated carbocycles. The molecule has 0 nitrogen and oxygen atoms in total. The Kier molecular flexibility index (Phi) is 3.84. The maximum absolute atomic E-state index is 3.55. The molecule has 0 spiro atoms. The zero-order valence-corrected chi connectivity index (χ0v) is 17.0. The average molecular weight is 462 g/mol. The van der Waals surface area contributed by atoms with E-state index in [9.17, 15) is 0 Å². The van der Waals surface area contributed by atoms with Gasteiger partial charge in [-0.05, 0) is 80.6 Å². The molecule has 4 aromatic carbocycles. The van der Waals surface area contributed by atoms with Gasteiger partial charge in [-0.2, -0.15) is 0 Å². The van der Waals surface area contributed by atoms with Crippen LogP contribution in [0.15, 0.2) is 93.9 Å². The molecule has 0 N–H and O–H groups in total. The summed E-state index contributed by atoms with van der Waals surface area (Å²) in [6, 6.07) is 30.4. The summed E-state index contributed by atoms with van der Waals surface area (Å²) in [5.41, 5.74) is 7.88. The van der Waals surface area contributed by atoms with Crippen LogP contribution in [0.2, 0.25) is 0 Å². The van der Waals surface area contributed by atoms with Crippen molar-refractivity contribution in [2.45, 2.75) is 0 Å². The van der Waals surface area contributed by atoms with Gasteiger partial charge in [0, 0.05) is 8.95 Å². The van der Waals surface area contributed by atoms with Gasteiger partial charge in [0.25, 0.3) is 0 Å². The van der Waals surface area contributed by atoms with Crippen LogP contribution < -0.4 is 0 Å². The summed E-state index contributed by atoms with van der Waals surface area (Å²) in [4.78, 5) is 0. The number of hydrogen-bond donors (Lipinski definition) is 0. The van der Waals surface area contributed by atoms with Gasteiger partial charge in [0.05, 0.1) is 0 Å². The summed E-state index contributed by atoms with van der Waals surface area (Å²) >= 11 is 7.10. The monoisotopic (exact) mass is 460 g/mol. The van der Waals surface area contributed by atoms with Crippen molar-refractivity contribution >= 4 is 53.8 Å². The zero-order chi connectivity index (χ0) is 17.7. The highest BCUT2D eigenvalue weighted by molar-refractivity contribution is 9.10. The Morgan fingerprint density at radius 1 is 0.538 bits per heavy atom. The van der Waals surface area contributed by atoms with Gasteiger partial charge < -0.3 is 0 Å². The summed E-state index contributed by atoms with van der Waals surface area (Å²) < 4.78 is 2.20. The van der Waals surface area contributed by atoms with E-state index in [2.05, 4.69) is 117 Å². The van der Waals surface area contributed by atoms with Crippen LogP contribution in [0.25, 0.3) is 21.9 Å². The van der Waals surface area contributed by atoms with Crippen molar-refractivity contribution in [1.29, 1.82) is 0 Å². The predicted molar refractivity (Wildman–Crippen MR) is 117 cm³/mol. The third kappa shape index (κ3) is 2.74. The Morgan fingerprint density at radius 3 is 1.38 bits per heavy atom. The van der Waals surface area contributed by atoms with Crippen molar-refractivity contribution in [3.8, 4) is 0 Å². The lowest BCUT2D eigenvalue weighted by Crippen LogP contribution is -1.88. The molecule has 0 atom stereocenters. The summed E-state index contributed by atoms with van der Waals surface area (Å²) in [6.45, 7) is 0. The molecular formula is C24H14Br2. The summed E-state index contributed by atoms with van der Waals surface area (Å²) in [5.74, 6) is 0. The second-order valence-corrected chi connectivity index (χ2v) is 8.34. The minimum absolute atomic E-state index is 1.10. The van der Waals surface area contributed by atoms with Crippen molar-refractivity contribution in [3.05, 3.63) is 116 Å². The van der Waals surface area contributed by atoms with Crippen LogP contribution in [0.4, 0.5) is 0 Å². The maximum Gasteiger partial charge on any atom is 0.0175 e. The fraction of sp³-hybridized carbons (Fsp3) is 0. The normalized spacial score (nSPS) is 12.2. The molecule has 0 fully saturated rings. The Morgan fingerprint density at radius 2 is 0.962 bits per heavy atom. The van der Waals surface area contributed by atoms with Gasteiger partial charge in [-0.3, -0.25) is 0 Å². The quantitative estimate of drug-likeness (QED) is 0.252. The Labute approximate surface area is 169 Å². The molecule has 0 radical (unpaired) electrons. The van der Waals surface area contributed by atoms with Gasteiger partial charge in [0.1, 0.15) is 0 Å². The van der Waals surface area contributed by atoms with Gasteiger partial charge in [0.2, 0.25) is 0 Å². The molecule has 0 heterocycles. The highest BCUT2D eigenvalue weighted by atomic mass is 79.9. The van der Waals surface area contributed by atoms with Gasteiger partial charge in [-0.1, -0.05) is 80.4 Å². The SMILES string of the molecule is Brc1ccc(C(=C2c3cc4ccccc4cc32)c2ccc(Br)cc2)cc1. The van der Waals surface area contributed by atoms with Crippen LogP contribution >= 0.6 is 31.9 Å². The fourth-order valence-electron chi connectivity index (χ4n) is 3.56.